The van der Waals surface area contributed by atoms with E-state index in [0.717, 1.165) is 88.9 Å². The average molecular weight is 809 g/mol. The Labute approximate surface area is 346 Å². The van der Waals surface area contributed by atoms with Gasteiger partial charge in [0.05, 0.1) is 40.5 Å². The molecule has 5 heterocycles. The standard InChI is InChI=1S/C45H44N8O7/c54-39-16-18-47-43(55)42(39)53-44(56)34-5-3-7-38(40(34)45(53)57)51-22-20-50(21-23-51)19-4-24-59-25-26-60-32-12-10-31(11-13-32)52-28-35(41(48-52)37-6-1-2-17-46-37)30-8-14-33-29(27-30)9-15-36(33)49-58/h1-3,5-8,10-14,17,27-28,42,58H,4,9,15-16,18-26H2,(H,47,55). The number of pyridine rings is 1. The van der Waals surface area contributed by atoms with Crippen LogP contribution in [0.1, 0.15) is 51.1 Å². The Morgan fingerprint density at radius 2 is 1.67 bits per heavy atom. The van der Waals surface area contributed by atoms with Crippen molar-refractivity contribution in [1.29, 1.82) is 0 Å². The van der Waals surface area contributed by atoms with E-state index >= 15 is 0 Å². The van der Waals surface area contributed by atoms with Gasteiger partial charge in [-0.2, -0.15) is 5.10 Å². The summed E-state index contributed by atoms with van der Waals surface area (Å²) in [7, 11) is 0. The van der Waals surface area contributed by atoms with Crippen molar-refractivity contribution in [2.24, 2.45) is 5.16 Å². The maximum absolute atomic E-state index is 13.6. The zero-order chi connectivity index (χ0) is 41.2. The van der Waals surface area contributed by atoms with E-state index in [9.17, 15) is 24.4 Å². The number of benzene rings is 3. The van der Waals surface area contributed by atoms with Gasteiger partial charge >= 0.3 is 0 Å². The Bertz CT molecular complexity index is 2460. The van der Waals surface area contributed by atoms with Gasteiger partial charge in [-0.05, 0) is 78.9 Å². The third-order valence-corrected chi connectivity index (χ3v) is 11.6. The predicted octanol–water partition coefficient (Wildman–Crippen LogP) is 4.39. The number of piperazine rings is 1. The molecule has 3 aliphatic heterocycles. The molecule has 0 bridgehead atoms. The minimum absolute atomic E-state index is 0.0844. The monoisotopic (exact) mass is 808 g/mol. The number of fused-ring (bicyclic) bond motifs is 2. The van der Waals surface area contributed by atoms with E-state index < -0.39 is 29.5 Å². The van der Waals surface area contributed by atoms with E-state index in [-0.39, 0.29) is 24.1 Å². The summed E-state index contributed by atoms with van der Waals surface area (Å²) in [6.45, 7) is 5.40. The summed E-state index contributed by atoms with van der Waals surface area (Å²) in [5.74, 6) is -1.51. The highest BCUT2D eigenvalue weighted by Gasteiger charge is 2.48. The van der Waals surface area contributed by atoms with Gasteiger partial charge in [0.25, 0.3) is 17.7 Å². The lowest BCUT2D eigenvalue weighted by atomic mass is 9.99. The second-order valence-corrected chi connectivity index (χ2v) is 15.2. The van der Waals surface area contributed by atoms with Gasteiger partial charge in [0.1, 0.15) is 18.1 Å². The number of nitrogens with zero attached hydrogens (tertiary/aromatic N) is 7. The van der Waals surface area contributed by atoms with E-state index in [1.165, 1.54) is 0 Å². The van der Waals surface area contributed by atoms with Crippen LogP contribution in [-0.2, 0) is 20.7 Å². The second kappa shape index (κ2) is 16.9. The Balaban J connectivity index is 0.733. The molecule has 3 amide bonds. The Hall–Kier alpha value is -6.71. The highest BCUT2D eigenvalue weighted by molar-refractivity contribution is 6.28. The molecule has 1 unspecified atom stereocenters. The molecule has 9 rings (SSSR count). The highest BCUT2D eigenvalue weighted by atomic mass is 16.5. The first-order valence-corrected chi connectivity index (χ1v) is 20.3. The van der Waals surface area contributed by atoms with Crippen LogP contribution < -0.4 is 15.0 Å². The van der Waals surface area contributed by atoms with Crippen molar-refractivity contribution in [3.05, 3.63) is 114 Å². The van der Waals surface area contributed by atoms with Gasteiger partial charge in [0.2, 0.25) is 0 Å². The molecule has 2 saturated heterocycles. The maximum Gasteiger partial charge on any atom is 0.264 e. The number of amides is 3. The van der Waals surface area contributed by atoms with Crippen molar-refractivity contribution < 1.29 is 33.9 Å². The number of anilines is 1. The zero-order valence-electron chi connectivity index (χ0n) is 33.0. The number of rotatable bonds is 13. The number of oxime groups is 1. The summed E-state index contributed by atoms with van der Waals surface area (Å²) in [6, 6.07) is 23.5. The molecule has 306 valence electrons. The molecule has 2 N–H and O–H groups in total. The van der Waals surface area contributed by atoms with Crippen LogP contribution in [0.5, 0.6) is 5.75 Å². The quantitative estimate of drug-likeness (QED) is 0.0569. The second-order valence-electron chi connectivity index (χ2n) is 15.2. The normalized spacial score (nSPS) is 18.6. The molecule has 2 fully saturated rings. The lowest BCUT2D eigenvalue weighted by molar-refractivity contribution is -0.136. The van der Waals surface area contributed by atoms with Crippen LogP contribution in [0.2, 0.25) is 0 Å². The van der Waals surface area contributed by atoms with Crippen LogP contribution in [0.15, 0.2) is 96.4 Å². The smallest absolute Gasteiger partial charge is 0.264 e. The van der Waals surface area contributed by atoms with E-state index in [0.29, 0.717) is 44.3 Å². The van der Waals surface area contributed by atoms with Gasteiger partial charge in [-0.3, -0.25) is 34.0 Å². The topological polar surface area (TPSA) is 172 Å². The molecule has 4 aliphatic rings. The SMILES string of the molecule is O=C1CCNC(=O)C1N1C(=O)c2cccc(N3CCN(CCCOCCOc4ccc(-n5cc(-c6ccc7c(c6)CCC7=NO)c(-c6ccccn6)n5)cc4)CC3)c2C1=O. The Kier molecular flexibility index (Phi) is 10.9. The molecule has 3 aromatic carbocycles. The van der Waals surface area contributed by atoms with Gasteiger partial charge in [-0.1, -0.05) is 35.5 Å². The van der Waals surface area contributed by atoms with Crippen LogP contribution in [0.3, 0.4) is 0 Å². The fourth-order valence-electron chi connectivity index (χ4n) is 8.50. The lowest BCUT2D eigenvalue weighted by Crippen LogP contribution is -2.57. The van der Waals surface area contributed by atoms with Gasteiger partial charge in [0.15, 0.2) is 11.8 Å². The van der Waals surface area contributed by atoms with Crippen LogP contribution >= 0.6 is 0 Å². The molecule has 1 atom stereocenters. The van der Waals surface area contributed by atoms with Crippen molar-refractivity contribution in [1.82, 2.24) is 29.9 Å². The molecule has 0 saturated carbocycles. The van der Waals surface area contributed by atoms with E-state index in [4.69, 9.17) is 14.6 Å². The summed E-state index contributed by atoms with van der Waals surface area (Å²) in [5, 5.41) is 20.4. The first-order chi connectivity index (χ1) is 29.4. The van der Waals surface area contributed by atoms with Crippen molar-refractivity contribution in [2.75, 3.05) is 64.0 Å². The van der Waals surface area contributed by atoms with Crippen LogP contribution in [0, 0.1) is 0 Å². The summed E-state index contributed by atoms with van der Waals surface area (Å²) in [5.41, 5.74) is 8.40. The molecular formula is C45H44N8O7. The molecule has 60 heavy (non-hydrogen) atoms. The largest absolute Gasteiger partial charge is 0.491 e. The number of aromatic nitrogens is 3. The molecule has 1 aliphatic carbocycles. The van der Waals surface area contributed by atoms with Crippen LogP contribution in [0.25, 0.3) is 28.2 Å². The highest BCUT2D eigenvalue weighted by Crippen LogP contribution is 2.36. The fourth-order valence-corrected chi connectivity index (χ4v) is 8.50. The van der Waals surface area contributed by atoms with Crippen molar-refractivity contribution in [2.45, 2.75) is 31.7 Å². The van der Waals surface area contributed by atoms with Crippen molar-refractivity contribution in [3.8, 4) is 34.0 Å². The lowest BCUT2D eigenvalue weighted by Gasteiger charge is -2.36. The molecule has 0 radical (unpaired) electrons. The minimum atomic E-state index is -1.42. The van der Waals surface area contributed by atoms with Gasteiger partial charge < -0.3 is 24.9 Å². The van der Waals surface area contributed by atoms with E-state index in [1.54, 1.807) is 18.3 Å². The Morgan fingerprint density at radius 3 is 2.45 bits per heavy atom. The van der Waals surface area contributed by atoms with Crippen LogP contribution in [0.4, 0.5) is 5.69 Å². The molecular weight excluding hydrogens is 765 g/mol. The molecule has 5 aromatic rings. The number of imide groups is 1. The van der Waals surface area contributed by atoms with Crippen LogP contribution in [-0.4, -0.2) is 124 Å². The number of carbonyl (C=O) groups is 4. The summed E-state index contributed by atoms with van der Waals surface area (Å²) in [6.07, 6.45) is 6.26. The van der Waals surface area contributed by atoms with E-state index in [1.807, 2.05) is 71.5 Å². The summed E-state index contributed by atoms with van der Waals surface area (Å²) in [4.78, 5) is 61.8. The number of hydrogen-bond donors (Lipinski definition) is 2. The number of ether oxygens (including phenoxy) is 2. The fraction of sp³-hybridized carbons (Fsp3) is 0.311. The number of hydrogen-bond acceptors (Lipinski definition) is 12. The number of nitrogens with one attached hydrogen (secondary N) is 1. The Morgan fingerprint density at radius 1 is 0.817 bits per heavy atom. The third-order valence-electron chi connectivity index (χ3n) is 11.6. The van der Waals surface area contributed by atoms with Gasteiger partial charge in [-0.15, -0.1) is 0 Å². The first-order valence-electron chi connectivity index (χ1n) is 20.3. The summed E-state index contributed by atoms with van der Waals surface area (Å²) >= 11 is 0. The predicted molar refractivity (Wildman–Crippen MR) is 222 cm³/mol. The number of ketones is 1. The number of Topliss-reactive ketones (excluding diaryl/α,β-unsaturated/α-hetero) is 1. The number of carbonyl (C=O) groups excluding carboxylic acids is 4. The maximum atomic E-state index is 13.6. The average Bonchev–Trinajstić information content (AvgIpc) is 3.98. The zero-order valence-corrected chi connectivity index (χ0v) is 33.0. The molecule has 2 aromatic heterocycles. The van der Waals surface area contributed by atoms with Gasteiger partial charge in [-0.25, -0.2) is 4.68 Å². The summed E-state index contributed by atoms with van der Waals surface area (Å²) < 4.78 is 13.7. The van der Waals surface area contributed by atoms with Crippen molar-refractivity contribution in [3.63, 3.8) is 0 Å². The third kappa shape index (κ3) is 7.53. The van der Waals surface area contributed by atoms with Gasteiger partial charge in [0, 0.05) is 75.8 Å². The number of piperidine rings is 1. The van der Waals surface area contributed by atoms with Crippen molar-refractivity contribution >= 4 is 34.9 Å². The van der Waals surface area contributed by atoms with E-state index in [2.05, 4.69) is 31.3 Å². The molecule has 0 spiro atoms. The molecule has 15 nitrogen and oxygen atoms in total. The minimum Gasteiger partial charge on any atom is -0.491 e. The number of aryl methyl sites for hydroxylation is 1. The molecule has 15 heteroatoms. The first kappa shape index (κ1) is 38.8.